The Balaban J connectivity index is 1.08. The summed E-state index contributed by atoms with van der Waals surface area (Å²) in [6.07, 6.45) is 6.92. The van der Waals surface area contributed by atoms with Crippen LogP contribution >= 0.6 is 11.6 Å². The van der Waals surface area contributed by atoms with Crippen LogP contribution in [-0.2, 0) is 20.7 Å². The molecule has 2 saturated carbocycles. The SMILES string of the molecule is CCN(CC)C1CCC(NC(=O)c2ccc(-c3ccc(CC(NC(=O)[C@H]4CC[C@H](CNC(=O)OC(C)(C)C)CC4)C(=O)Nc4ccc5c(Cl)n[nH]c5c4)cc3)c(C)c2)CC1. The second-order valence-electron chi connectivity index (χ2n) is 17.6. The van der Waals surface area contributed by atoms with Crippen LogP contribution in [0.2, 0.25) is 5.15 Å². The molecule has 0 aliphatic heterocycles. The van der Waals surface area contributed by atoms with Gasteiger partial charge in [0.2, 0.25) is 11.8 Å². The van der Waals surface area contributed by atoms with Crippen molar-refractivity contribution in [3.05, 3.63) is 82.5 Å². The first-order chi connectivity index (χ1) is 28.7. The van der Waals surface area contributed by atoms with E-state index < -0.39 is 17.7 Å². The van der Waals surface area contributed by atoms with Crippen molar-refractivity contribution in [2.75, 3.05) is 25.0 Å². The van der Waals surface area contributed by atoms with Crippen molar-refractivity contribution in [3.8, 4) is 11.1 Å². The number of benzene rings is 3. The van der Waals surface area contributed by atoms with Crippen LogP contribution in [-0.4, -0.2) is 82.3 Å². The summed E-state index contributed by atoms with van der Waals surface area (Å²) in [5, 5.41) is 20.2. The smallest absolute Gasteiger partial charge is 0.407 e. The van der Waals surface area contributed by atoms with Crippen molar-refractivity contribution in [3.63, 3.8) is 0 Å². The van der Waals surface area contributed by atoms with Gasteiger partial charge in [-0.25, -0.2) is 4.79 Å². The number of nitrogens with zero attached hydrogens (tertiary/aromatic N) is 2. The lowest BCUT2D eigenvalue weighted by Crippen LogP contribution is -2.48. The maximum Gasteiger partial charge on any atom is 0.407 e. The zero-order chi connectivity index (χ0) is 43.0. The predicted molar refractivity (Wildman–Crippen MR) is 238 cm³/mol. The molecule has 3 aromatic carbocycles. The zero-order valence-corrected chi connectivity index (χ0v) is 36.7. The average Bonchev–Trinajstić information content (AvgIpc) is 3.59. The number of hydrogen-bond acceptors (Lipinski definition) is 7. The fourth-order valence-corrected chi connectivity index (χ4v) is 8.95. The molecular weight excluding hydrogens is 778 g/mol. The van der Waals surface area contributed by atoms with Gasteiger partial charge in [0, 0.05) is 47.6 Å². The average molecular weight is 841 g/mol. The number of rotatable bonds is 14. The van der Waals surface area contributed by atoms with Crippen molar-refractivity contribution in [1.82, 2.24) is 31.0 Å². The van der Waals surface area contributed by atoms with Crippen molar-refractivity contribution in [2.45, 2.75) is 123 Å². The molecule has 2 aliphatic carbocycles. The van der Waals surface area contributed by atoms with E-state index in [1.807, 2.05) is 70.2 Å². The Morgan fingerprint density at radius 1 is 0.900 bits per heavy atom. The second kappa shape index (κ2) is 20.1. The summed E-state index contributed by atoms with van der Waals surface area (Å²) in [7, 11) is 0. The van der Waals surface area contributed by atoms with E-state index in [1.54, 1.807) is 18.2 Å². The molecule has 322 valence electrons. The lowest BCUT2D eigenvalue weighted by atomic mass is 9.81. The molecule has 0 spiro atoms. The Bertz CT molecular complexity index is 2110. The molecule has 0 radical (unpaired) electrons. The highest BCUT2D eigenvalue weighted by molar-refractivity contribution is 6.34. The standard InChI is InChI=1S/C47H62ClN7O5/c1-7-55(8-2)37-21-18-35(19-22-37)50-44(57)34-17-23-38(29(3)25-34)32-13-9-30(10-14-32)26-41(45(58)51-36-20-24-39-40(27-36)53-54-42(39)48)52-43(56)33-15-11-31(12-16-33)28-49-46(59)60-47(4,5)6/h9-10,13-14,17,20,23-25,27,31,33,35,37,41H,7-8,11-12,15-16,18-19,21-22,26,28H2,1-6H3,(H,49,59)(H,50,57)(H,51,58)(H,52,56)(H,53,54)/t31-,33-,35?,37?,41?. The van der Waals surface area contributed by atoms with Crippen molar-refractivity contribution in [2.24, 2.45) is 11.8 Å². The number of amides is 4. The number of carbonyl (C=O) groups excluding carboxylic acids is 4. The van der Waals surface area contributed by atoms with E-state index in [0.29, 0.717) is 47.3 Å². The molecule has 4 aromatic rings. The van der Waals surface area contributed by atoms with E-state index in [4.69, 9.17) is 16.3 Å². The summed E-state index contributed by atoms with van der Waals surface area (Å²) in [6.45, 7) is 14.6. The topological polar surface area (TPSA) is 158 Å². The second-order valence-corrected chi connectivity index (χ2v) is 17.9. The molecule has 13 heteroatoms. The minimum absolute atomic E-state index is 0.0332. The fourth-order valence-electron chi connectivity index (χ4n) is 8.74. The number of alkyl carbamates (subject to hydrolysis) is 1. The Morgan fingerprint density at radius 3 is 2.25 bits per heavy atom. The summed E-state index contributed by atoms with van der Waals surface area (Å²) >= 11 is 6.18. The monoisotopic (exact) mass is 839 g/mol. The first-order valence-corrected chi connectivity index (χ1v) is 22.0. The first-order valence-electron chi connectivity index (χ1n) is 21.7. The fraction of sp³-hybridized carbons (Fsp3) is 0.511. The lowest BCUT2D eigenvalue weighted by molar-refractivity contribution is -0.130. The highest BCUT2D eigenvalue weighted by Crippen LogP contribution is 2.30. The number of nitrogens with one attached hydrogen (secondary N) is 5. The van der Waals surface area contributed by atoms with Gasteiger partial charge in [-0.3, -0.25) is 19.5 Å². The van der Waals surface area contributed by atoms with E-state index in [9.17, 15) is 19.2 Å². The number of anilines is 1. The first kappa shape index (κ1) is 44.6. The number of hydrogen-bond donors (Lipinski definition) is 5. The number of aromatic amines is 1. The third-order valence-corrected chi connectivity index (χ3v) is 12.4. The van der Waals surface area contributed by atoms with Gasteiger partial charge in [0.05, 0.1) is 5.52 Å². The number of halogens is 1. The molecule has 60 heavy (non-hydrogen) atoms. The van der Waals surface area contributed by atoms with Crippen molar-refractivity contribution in [1.29, 1.82) is 0 Å². The molecule has 1 aromatic heterocycles. The van der Waals surface area contributed by atoms with Crippen molar-refractivity contribution >= 4 is 52.0 Å². The molecule has 1 atom stereocenters. The van der Waals surface area contributed by atoms with Crippen LogP contribution in [0.1, 0.15) is 107 Å². The molecular formula is C47H62ClN7O5. The summed E-state index contributed by atoms with van der Waals surface area (Å²) in [4.78, 5) is 55.7. The van der Waals surface area contributed by atoms with Crippen LogP contribution in [0.5, 0.6) is 0 Å². The van der Waals surface area contributed by atoms with Gasteiger partial charge in [0.1, 0.15) is 11.6 Å². The molecule has 0 bridgehead atoms. The van der Waals surface area contributed by atoms with Crippen LogP contribution in [0.4, 0.5) is 10.5 Å². The summed E-state index contributed by atoms with van der Waals surface area (Å²) in [5.41, 5.74) is 5.22. The maximum absolute atomic E-state index is 13.9. The number of aromatic nitrogens is 2. The van der Waals surface area contributed by atoms with E-state index in [0.717, 1.165) is 79.3 Å². The van der Waals surface area contributed by atoms with Gasteiger partial charge < -0.3 is 30.9 Å². The van der Waals surface area contributed by atoms with Gasteiger partial charge in [-0.15, -0.1) is 0 Å². The molecule has 1 unspecified atom stereocenters. The van der Waals surface area contributed by atoms with Crippen LogP contribution in [0.25, 0.3) is 22.0 Å². The maximum atomic E-state index is 13.9. The zero-order valence-electron chi connectivity index (χ0n) is 36.0. The van der Waals surface area contributed by atoms with E-state index in [1.165, 1.54) is 0 Å². The van der Waals surface area contributed by atoms with Gasteiger partial charge in [-0.05, 0) is 151 Å². The molecule has 12 nitrogen and oxygen atoms in total. The number of H-pyrrole nitrogens is 1. The molecule has 0 saturated heterocycles. The van der Waals surface area contributed by atoms with Crippen LogP contribution in [0.15, 0.2) is 60.7 Å². The highest BCUT2D eigenvalue weighted by atomic mass is 35.5. The normalized spacial score (nSPS) is 20.0. The highest BCUT2D eigenvalue weighted by Gasteiger charge is 2.31. The van der Waals surface area contributed by atoms with Gasteiger partial charge in [0.25, 0.3) is 5.91 Å². The van der Waals surface area contributed by atoms with Crippen LogP contribution < -0.4 is 21.3 Å². The molecule has 6 rings (SSSR count). The Hall–Kier alpha value is -4.94. The number of carbonyl (C=O) groups is 4. The van der Waals surface area contributed by atoms with Crippen LogP contribution in [0.3, 0.4) is 0 Å². The lowest BCUT2D eigenvalue weighted by Gasteiger charge is -2.36. The Kier molecular flexibility index (Phi) is 14.9. The molecule has 4 amide bonds. The van der Waals surface area contributed by atoms with E-state index >= 15 is 0 Å². The van der Waals surface area contributed by atoms with Gasteiger partial charge in [0.15, 0.2) is 5.15 Å². The van der Waals surface area contributed by atoms with E-state index in [-0.39, 0.29) is 42.0 Å². The Morgan fingerprint density at radius 2 is 1.60 bits per heavy atom. The van der Waals surface area contributed by atoms with Crippen molar-refractivity contribution < 1.29 is 23.9 Å². The third kappa shape index (κ3) is 11.9. The molecule has 2 fully saturated rings. The number of aryl methyl sites for hydroxylation is 1. The summed E-state index contributed by atoms with van der Waals surface area (Å²) in [5.74, 6) is -0.532. The summed E-state index contributed by atoms with van der Waals surface area (Å²) in [6, 6.07) is 19.1. The predicted octanol–water partition coefficient (Wildman–Crippen LogP) is 8.57. The third-order valence-electron chi connectivity index (χ3n) is 12.1. The number of fused-ring (bicyclic) bond motifs is 1. The molecule has 5 N–H and O–H groups in total. The van der Waals surface area contributed by atoms with Gasteiger partial charge >= 0.3 is 6.09 Å². The minimum atomic E-state index is -0.845. The molecule has 1 heterocycles. The van der Waals surface area contributed by atoms with E-state index in [2.05, 4.69) is 50.2 Å². The minimum Gasteiger partial charge on any atom is -0.444 e. The molecule has 2 aliphatic rings. The van der Waals surface area contributed by atoms with Gasteiger partial charge in [-0.2, -0.15) is 5.10 Å². The number of ether oxygens (including phenoxy) is 1. The quantitative estimate of drug-likeness (QED) is 0.0852. The summed E-state index contributed by atoms with van der Waals surface area (Å²) < 4.78 is 5.37. The Labute approximate surface area is 359 Å². The van der Waals surface area contributed by atoms with Gasteiger partial charge in [-0.1, -0.05) is 55.8 Å². The largest absolute Gasteiger partial charge is 0.444 e. The van der Waals surface area contributed by atoms with Crippen LogP contribution in [0, 0.1) is 18.8 Å².